The predicted octanol–water partition coefficient (Wildman–Crippen LogP) is 4.78. The summed E-state index contributed by atoms with van der Waals surface area (Å²) in [6.07, 6.45) is 2.03. The highest BCUT2D eigenvalue weighted by molar-refractivity contribution is 5.81. The zero-order chi connectivity index (χ0) is 14.7. The van der Waals surface area contributed by atoms with E-state index >= 15 is 0 Å². The zero-order valence-electron chi connectivity index (χ0n) is 12.1. The molecule has 0 saturated carbocycles. The maximum Gasteiger partial charge on any atom is 0.123 e. The third-order valence-electron chi connectivity index (χ3n) is 3.35. The summed E-state index contributed by atoms with van der Waals surface area (Å²) in [7, 11) is 0. The number of aromatic hydroxyl groups is 2. The van der Waals surface area contributed by atoms with E-state index in [1.165, 1.54) is 0 Å². The number of allylic oxidation sites excluding steroid dienone is 1. The summed E-state index contributed by atoms with van der Waals surface area (Å²) in [6.45, 7) is 5.86. The van der Waals surface area contributed by atoms with Crippen LogP contribution >= 0.6 is 0 Å². The van der Waals surface area contributed by atoms with Crippen LogP contribution in [0.1, 0.15) is 43.4 Å². The molecule has 0 amide bonds. The maximum atomic E-state index is 10.1. The Hall–Kier alpha value is -2.22. The van der Waals surface area contributed by atoms with Crippen molar-refractivity contribution in [2.24, 2.45) is 0 Å². The van der Waals surface area contributed by atoms with Crippen LogP contribution in [0.2, 0.25) is 0 Å². The molecule has 2 aromatic carbocycles. The number of hydrogen-bond acceptors (Lipinski definition) is 2. The van der Waals surface area contributed by atoms with Crippen molar-refractivity contribution >= 4 is 11.6 Å². The van der Waals surface area contributed by atoms with Gasteiger partial charge in [0, 0.05) is 5.56 Å². The Labute approximate surface area is 120 Å². The van der Waals surface area contributed by atoms with Gasteiger partial charge >= 0.3 is 0 Å². The summed E-state index contributed by atoms with van der Waals surface area (Å²) < 4.78 is 0. The van der Waals surface area contributed by atoms with E-state index in [1.807, 2.05) is 57.2 Å². The number of phenolic OH excluding ortho intramolecular Hbond substituents is 2. The van der Waals surface area contributed by atoms with Gasteiger partial charge in [-0.1, -0.05) is 50.3 Å². The van der Waals surface area contributed by atoms with Gasteiger partial charge in [-0.25, -0.2) is 0 Å². The molecule has 0 aliphatic rings. The Kier molecular flexibility index (Phi) is 4.14. The summed E-state index contributed by atoms with van der Waals surface area (Å²) in [5.74, 6) is 0.383. The number of rotatable bonds is 3. The van der Waals surface area contributed by atoms with Gasteiger partial charge in [0.2, 0.25) is 0 Å². The Morgan fingerprint density at radius 3 is 2.05 bits per heavy atom. The van der Waals surface area contributed by atoms with Crippen molar-refractivity contribution < 1.29 is 10.2 Å². The fourth-order valence-electron chi connectivity index (χ4n) is 2.32. The van der Waals surface area contributed by atoms with E-state index in [0.29, 0.717) is 5.56 Å². The predicted molar refractivity (Wildman–Crippen MR) is 83.8 cm³/mol. The topological polar surface area (TPSA) is 40.5 Å². The minimum atomic E-state index is 0.0856. The molecule has 0 atom stereocenters. The molecule has 0 radical (unpaired) electrons. The third kappa shape index (κ3) is 3.02. The Morgan fingerprint density at radius 1 is 1.00 bits per heavy atom. The Balaban J connectivity index is 2.41. The summed E-state index contributed by atoms with van der Waals surface area (Å²) >= 11 is 0. The van der Waals surface area contributed by atoms with Crippen molar-refractivity contribution in [3.8, 4) is 11.5 Å². The van der Waals surface area contributed by atoms with Crippen molar-refractivity contribution in [1.29, 1.82) is 0 Å². The van der Waals surface area contributed by atoms with E-state index < -0.39 is 0 Å². The fraction of sp³-hybridized carbons (Fsp3) is 0.222. The second kappa shape index (κ2) is 5.83. The molecule has 0 aliphatic carbocycles. The van der Waals surface area contributed by atoms with Gasteiger partial charge in [0.25, 0.3) is 0 Å². The van der Waals surface area contributed by atoms with Gasteiger partial charge in [0.05, 0.1) is 0 Å². The normalized spacial score (nSPS) is 11.9. The van der Waals surface area contributed by atoms with Gasteiger partial charge in [-0.15, -0.1) is 0 Å². The second-order valence-electron chi connectivity index (χ2n) is 5.32. The molecular formula is C18H20O2. The van der Waals surface area contributed by atoms with Crippen LogP contribution in [0, 0.1) is 0 Å². The molecule has 0 aromatic heterocycles. The quantitative estimate of drug-likeness (QED) is 0.786. The van der Waals surface area contributed by atoms with Gasteiger partial charge in [-0.2, -0.15) is 0 Å². The Bertz CT molecular complexity index is 602. The zero-order valence-corrected chi connectivity index (χ0v) is 12.1. The van der Waals surface area contributed by atoms with E-state index in [1.54, 1.807) is 12.1 Å². The average Bonchev–Trinajstić information content (AvgIpc) is 2.38. The standard InChI is InChI=1S/C18H20O2/c1-12(2)18-16(19)10-15(11-17(18)20)13(3)9-14-7-5-4-6-8-14/h4-12,19-20H,1-3H3. The van der Waals surface area contributed by atoms with E-state index in [4.69, 9.17) is 0 Å². The van der Waals surface area contributed by atoms with Crippen LogP contribution in [0.15, 0.2) is 42.5 Å². The molecule has 0 bridgehead atoms. The fourth-order valence-corrected chi connectivity index (χ4v) is 2.32. The van der Waals surface area contributed by atoms with E-state index in [9.17, 15) is 10.2 Å². The van der Waals surface area contributed by atoms with Crippen LogP contribution in [0.25, 0.3) is 11.6 Å². The first-order valence-corrected chi connectivity index (χ1v) is 6.78. The molecule has 0 fully saturated rings. The van der Waals surface area contributed by atoms with Crippen molar-refractivity contribution in [3.63, 3.8) is 0 Å². The molecule has 2 N–H and O–H groups in total. The van der Waals surface area contributed by atoms with Crippen molar-refractivity contribution in [2.75, 3.05) is 0 Å². The molecule has 2 aromatic rings. The van der Waals surface area contributed by atoms with Crippen LogP contribution < -0.4 is 0 Å². The lowest BCUT2D eigenvalue weighted by Gasteiger charge is -2.13. The SMILES string of the molecule is CC(=Cc1ccccc1)c1cc(O)c(C(C)C)c(O)c1. The Morgan fingerprint density at radius 2 is 1.55 bits per heavy atom. The molecule has 0 unspecified atom stereocenters. The number of phenols is 2. The first-order valence-electron chi connectivity index (χ1n) is 6.78. The molecule has 2 rings (SSSR count). The van der Waals surface area contributed by atoms with Crippen molar-refractivity contribution in [1.82, 2.24) is 0 Å². The molecule has 20 heavy (non-hydrogen) atoms. The maximum absolute atomic E-state index is 10.1. The van der Waals surface area contributed by atoms with Gasteiger partial charge in [0.15, 0.2) is 0 Å². The highest BCUT2D eigenvalue weighted by Gasteiger charge is 2.13. The molecule has 0 heterocycles. The lowest BCUT2D eigenvalue weighted by atomic mass is 9.96. The van der Waals surface area contributed by atoms with Crippen LogP contribution in [0.4, 0.5) is 0 Å². The molecule has 2 nitrogen and oxygen atoms in total. The minimum absolute atomic E-state index is 0.0856. The molecular weight excluding hydrogens is 248 g/mol. The first-order chi connectivity index (χ1) is 9.49. The van der Waals surface area contributed by atoms with Crippen LogP contribution in [0.5, 0.6) is 11.5 Å². The summed E-state index contributed by atoms with van der Waals surface area (Å²) in [5.41, 5.74) is 3.52. The van der Waals surface area contributed by atoms with E-state index in [2.05, 4.69) is 0 Å². The second-order valence-corrected chi connectivity index (χ2v) is 5.32. The van der Waals surface area contributed by atoms with E-state index in [-0.39, 0.29) is 17.4 Å². The molecule has 0 aliphatic heterocycles. The summed E-state index contributed by atoms with van der Waals surface area (Å²) in [5, 5.41) is 20.1. The third-order valence-corrected chi connectivity index (χ3v) is 3.35. The van der Waals surface area contributed by atoms with Crippen LogP contribution in [0.3, 0.4) is 0 Å². The van der Waals surface area contributed by atoms with Crippen molar-refractivity contribution in [3.05, 3.63) is 59.2 Å². The highest BCUT2D eigenvalue weighted by atomic mass is 16.3. The van der Waals surface area contributed by atoms with Gasteiger partial charge < -0.3 is 10.2 Å². The molecule has 2 heteroatoms. The average molecular weight is 268 g/mol. The van der Waals surface area contributed by atoms with Gasteiger partial charge in [-0.05, 0) is 41.7 Å². The van der Waals surface area contributed by atoms with Crippen molar-refractivity contribution in [2.45, 2.75) is 26.7 Å². The number of benzene rings is 2. The summed E-state index contributed by atoms with van der Waals surface area (Å²) in [6, 6.07) is 13.4. The smallest absolute Gasteiger partial charge is 0.123 e. The van der Waals surface area contributed by atoms with Crippen LogP contribution in [-0.4, -0.2) is 10.2 Å². The minimum Gasteiger partial charge on any atom is -0.507 e. The molecule has 0 spiro atoms. The highest BCUT2D eigenvalue weighted by Crippen LogP contribution is 2.36. The number of hydrogen-bond donors (Lipinski definition) is 2. The molecule has 104 valence electrons. The molecule has 0 saturated heterocycles. The summed E-state index contributed by atoms with van der Waals surface area (Å²) in [4.78, 5) is 0. The van der Waals surface area contributed by atoms with Crippen LogP contribution in [-0.2, 0) is 0 Å². The van der Waals surface area contributed by atoms with E-state index in [0.717, 1.165) is 16.7 Å². The monoisotopic (exact) mass is 268 g/mol. The lowest BCUT2D eigenvalue weighted by molar-refractivity contribution is 0.433. The van der Waals surface area contributed by atoms with Gasteiger partial charge in [-0.3, -0.25) is 0 Å². The van der Waals surface area contributed by atoms with Gasteiger partial charge in [0.1, 0.15) is 11.5 Å². The first kappa shape index (κ1) is 14.2. The largest absolute Gasteiger partial charge is 0.507 e. The lowest BCUT2D eigenvalue weighted by Crippen LogP contribution is -1.91.